The van der Waals surface area contributed by atoms with Crippen molar-refractivity contribution >= 4 is 27.3 Å². The van der Waals surface area contributed by atoms with Crippen molar-refractivity contribution in [2.75, 3.05) is 29.9 Å². The van der Waals surface area contributed by atoms with E-state index in [9.17, 15) is 17.6 Å². The minimum Gasteiger partial charge on any atom is -0.372 e. The number of carbonyl (C=O) groups is 1. The van der Waals surface area contributed by atoms with Crippen molar-refractivity contribution in [3.05, 3.63) is 54.3 Å². The van der Waals surface area contributed by atoms with Crippen LogP contribution in [0.2, 0.25) is 0 Å². The molecule has 1 aliphatic rings. The number of nitrogens with one attached hydrogen (secondary N) is 2. The van der Waals surface area contributed by atoms with E-state index in [-0.39, 0.29) is 23.8 Å². The lowest BCUT2D eigenvalue weighted by Crippen LogP contribution is -2.29. The monoisotopic (exact) mass is 405 g/mol. The Morgan fingerprint density at radius 1 is 0.964 bits per heavy atom. The molecule has 6 nitrogen and oxygen atoms in total. The molecular weight excluding hydrogens is 381 g/mol. The van der Waals surface area contributed by atoms with E-state index in [1.807, 2.05) is 24.3 Å². The smallest absolute Gasteiger partial charge is 0.240 e. The molecular formula is C20H24FN3O3S. The second kappa shape index (κ2) is 9.16. The maximum atomic E-state index is 12.9. The number of halogens is 1. The zero-order chi connectivity index (χ0) is 20.0. The van der Waals surface area contributed by atoms with Gasteiger partial charge in [0.2, 0.25) is 15.9 Å². The summed E-state index contributed by atoms with van der Waals surface area (Å²) in [6.07, 6.45) is 3.67. The van der Waals surface area contributed by atoms with E-state index in [4.69, 9.17) is 0 Å². The van der Waals surface area contributed by atoms with Crippen LogP contribution in [0.5, 0.6) is 0 Å². The maximum Gasteiger partial charge on any atom is 0.240 e. The van der Waals surface area contributed by atoms with Crippen molar-refractivity contribution in [3.63, 3.8) is 0 Å². The van der Waals surface area contributed by atoms with Crippen molar-refractivity contribution < 1.29 is 17.6 Å². The van der Waals surface area contributed by atoms with Crippen LogP contribution < -0.4 is 14.9 Å². The largest absolute Gasteiger partial charge is 0.372 e. The highest BCUT2D eigenvalue weighted by atomic mass is 32.2. The first kappa shape index (κ1) is 20.3. The summed E-state index contributed by atoms with van der Waals surface area (Å²) in [5.74, 6) is -0.794. The first-order valence-corrected chi connectivity index (χ1v) is 10.8. The Bertz CT molecular complexity index is 893. The van der Waals surface area contributed by atoms with Crippen molar-refractivity contribution in [1.29, 1.82) is 0 Å². The fourth-order valence-electron chi connectivity index (χ4n) is 3.13. The summed E-state index contributed by atoms with van der Waals surface area (Å²) < 4.78 is 39.4. The molecule has 2 aromatic carbocycles. The van der Waals surface area contributed by atoms with Crippen molar-refractivity contribution in [1.82, 2.24) is 4.72 Å². The van der Waals surface area contributed by atoms with Gasteiger partial charge in [0, 0.05) is 37.4 Å². The van der Waals surface area contributed by atoms with E-state index in [0.717, 1.165) is 30.9 Å². The summed E-state index contributed by atoms with van der Waals surface area (Å²) in [5.41, 5.74) is 1.82. The Morgan fingerprint density at radius 2 is 1.61 bits per heavy atom. The van der Waals surface area contributed by atoms with Gasteiger partial charge < -0.3 is 10.2 Å². The zero-order valence-electron chi connectivity index (χ0n) is 15.5. The minimum atomic E-state index is -3.77. The number of benzene rings is 2. The first-order valence-electron chi connectivity index (χ1n) is 9.34. The van der Waals surface area contributed by atoms with E-state index in [1.165, 1.54) is 31.4 Å². The third kappa shape index (κ3) is 5.53. The summed E-state index contributed by atoms with van der Waals surface area (Å²) in [6, 6.07) is 12.2. The molecule has 2 N–H and O–H groups in total. The standard InChI is InChI=1S/C20H24FN3O3S/c21-16-4-10-19(11-5-16)28(26,27)22-13-12-20(25)23-17-6-8-18(9-7-17)24-14-2-1-3-15-24/h4-11,22H,1-3,12-15H2,(H,23,25). The van der Waals surface area contributed by atoms with Gasteiger partial charge in [-0.2, -0.15) is 0 Å². The second-order valence-electron chi connectivity index (χ2n) is 6.74. The summed E-state index contributed by atoms with van der Waals surface area (Å²) in [5, 5.41) is 2.76. The van der Waals surface area contributed by atoms with Crippen LogP contribution in [0.1, 0.15) is 25.7 Å². The van der Waals surface area contributed by atoms with Gasteiger partial charge in [0.1, 0.15) is 5.82 Å². The molecule has 0 radical (unpaired) electrons. The average Bonchev–Trinajstić information content (AvgIpc) is 2.69. The van der Waals surface area contributed by atoms with Gasteiger partial charge in [0.25, 0.3) is 0 Å². The number of hydrogen-bond donors (Lipinski definition) is 2. The van der Waals surface area contributed by atoms with Gasteiger partial charge in [0.15, 0.2) is 0 Å². The molecule has 1 saturated heterocycles. The molecule has 0 spiro atoms. The van der Waals surface area contributed by atoms with Gasteiger partial charge in [-0.15, -0.1) is 0 Å². The zero-order valence-corrected chi connectivity index (χ0v) is 16.3. The molecule has 3 rings (SSSR count). The molecule has 2 aromatic rings. The number of nitrogens with zero attached hydrogens (tertiary/aromatic N) is 1. The Balaban J connectivity index is 1.47. The van der Waals surface area contributed by atoms with Gasteiger partial charge in [-0.3, -0.25) is 4.79 Å². The van der Waals surface area contributed by atoms with Gasteiger partial charge in [-0.25, -0.2) is 17.5 Å². The van der Waals surface area contributed by atoms with E-state index in [1.54, 1.807) is 0 Å². The van der Waals surface area contributed by atoms with Crippen molar-refractivity contribution in [2.45, 2.75) is 30.6 Å². The fraction of sp³-hybridized carbons (Fsp3) is 0.350. The molecule has 0 bridgehead atoms. The number of rotatable bonds is 7. The molecule has 0 aliphatic carbocycles. The number of anilines is 2. The summed E-state index contributed by atoms with van der Waals surface area (Å²) in [7, 11) is -3.77. The molecule has 1 amide bonds. The molecule has 1 heterocycles. The summed E-state index contributed by atoms with van der Waals surface area (Å²) >= 11 is 0. The fourth-order valence-corrected chi connectivity index (χ4v) is 4.16. The lowest BCUT2D eigenvalue weighted by molar-refractivity contribution is -0.116. The van der Waals surface area contributed by atoms with Crippen LogP contribution in [-0.4, -0.2) is 34.0 Å². The predicted molar refractivity (Wildman–Crippen MR) is 107 cm³/mol. The molecule has 8 heteroatoms. The van der Waals surface area contributed by atoms with Crippen LogP contribution in [0.25, 0.3) is 0 Å². The Labute approximate surface area is 164 Å². The topological polar surface area (TPSA) is 78.5 Å². The Morgan fingerprint density at radius 3 is 2.25 bits per heavy atom. The summed E-state index contributed by atoms with van der Waals surface area (Å²) in [4.78, 5) is 14.4. The highest BCUT2D eigenvalue weighted by Gasteiger charge is 2.14. The minimum absolute atomic E-state index is 0.00565. The number of piperidine rings is 1. The van der Waals surface area contributed by atoms with E-state index >= 15 is 0 Å². The molecule has 28 heavy (non-hydrogen) atoms. The third-order valence-corrected chi connectivity index (χ3v) is 6.12. The van der Waals surface area contributed by atoms with E-state index in [0.29, 0.717) is 5.69 Å². The molecule has 0 unspecified atom stereocenters. The van der Waals surface area contributed by atoms with Gasteiger partial charge >= 0.3 is 0 Å². The van der Waals surface area contributed by atoms with Crippen LogP contribution in [0.15, 0.2) is 53.4 Å². The molecule has 1 aliphatic heterocycles. The highest BCUT2D eigenvalue weighted by molar-refractivity contribution is 7.89. The molecule has 1 fully saturated rings. The lowest BCUT2D eigenvalue weighted by atomic mass is 10.1. The summed E-state index contributed by atoms with van der Waals surface area (Å²) in [6.45, 7) is 2.07. The van der Waals surface area contributed by atoms with Crippen LogP contribution >= 0.6 is 0 Å². The van der Waals surface area contributed by atoms with Crippen molar-refractivity contribution in [2.24, 2.45) is 0 Å². The normalized spacial score (nSPS) is 14.7. The SMILES string of the molecule is O=C(CCNS(=O)(=O)c1ccc(F)cc1)Nc1ccc(N2CCCCC2)cc1. The average molecular weight is 405 g/mol. The molecule has 150 valence electrons. The number of carbonyl (C=O) groups excluding carboxylic acids is 1. The maximum absolute atomic E-state index is 12.9. The Kier molecular flexibility index (Phi) is 6.64. The van der Waals surface area contributed by atoms with Crippen LogP contribution in [0.3, 0.4) is 0 Å². The quantitative estimate of drug-likeness (QED) is 0.742. The number of amides is 1. The van der Waals surface area contributed by atoms with Gasteiger partial charge in [-0.05, 0) is 67.8 Å². The molecule has 0 atom stereocenters. The van der Waals surface area contributed by atoms with Crippen LogP contribution in [0.4, 0.5) is 15.8 Å². The van der Waals surface area contributed by atoms with Gasteiger partial charge in [-0.1, -0.05) is 0 Å². The second-order valence-corrected chi connectivity index (χ2v) is 8.51. The van der Waals surface area contributed by atoms with E-state index < -0.39 is 15.8 Å². The first-order chi connectivity index (χ1) is 13.4. The van der Waals surface area contributed by atoms with Crippen molar-refractivity contribution in [3.8, 4) is 0 Å². The third-order valence-electron chi connectivity index (χ3n) is 4.64. The highest BCUT2D eigenvalue weighted by Crippen LogP contribution is 2.21. The van der Waals surface area contributed by atoms with Crippen LogP contribution in [-0.2, 0) is 14.8 Å². The van der Waals surface area contributed by atoms with E-state index in [2.05, 4.69) is 14.9 Å². The predicted octanol–water partition coefficient (Wildman–Crippen LogP) is 3.12. The van der Waals surface area contributed by atoms with Crippen LogP contribution in [0, 0.1) is 5.82 Å². The Hall–Kier alpha value is -2.45. The molecule has 0 saturated carbocycles. The lowest BCUT2D eigenvalue weighted by Gasteiger charge is -2.28. The van der Waals surface area contributed by atoms with Gasteiger partial charge in [0.05, 0.1) is 4.90 Å². The molecule has 0 aromatic heterocycles. The number of hydrogen-bond acceptors (Lipinski definition) is 4. The number of sulfonamides is 1.